The highest BCUT2D eigenvalue weighted by Crippen LogP contribution is 2.51. The van der Waals surface area contributed by atoms with Gasteiger partial charge in [-0.05, 0) is 212 Å². The Balaban J connectivity index is 0.000000186. The Kier molecular flexibility index (Phi) is 23.5. The Hall–Kier alpha value is -3.02. The van der Waals surface area contributed by atoms with Crippen molar-refractivity contribution in [1.82, 2.24) is 15.1 Å². The molecule has 0 radical (unpaired) electrons. The Morgan fingerprint density at radius 2 is 1.01 bits per heavy atom. The molecule has 2 saturated carbocycles. The topological polar surface area (TPSA) is 79.4 Å². The van der Waals surface area contributed by atoms with Gasteiger partial charge in [0.05, 0.1) is 44.3 Å². The standard InChI is InChI=1S/C26H22Cl3IN2O.C16H15Cl3N2.C10H9IO2.C8H19N.CH4/c27-19-5-1-17(2-6-19)24-16-31(13-14-32(24)23-10-7-20(28)15-22(23)29)25(33)26(11-12-26)18-3-8-21(30)9-4-18;17-12-3-1-11(2-4-12)16-10-20-7-8-21(16)15-6-5-13(18)9-14(15)19;11-8-3-1-7(2-4-8)10(5-6-10)9(12)13;1-6-9(7(2)3)8(4)5;/h1-10,15,24H,11-14,16H2;1-6,9,16,20H,7-8,10H2;1-4H,5-6H2,(H,12,13);7-8H,6H2,1-5H3;1H4/t24-;16-;;;/m00.../s1. The summed E-state index contributed by atoms with van der Waals surface area (Å²) in [4.78, 5) is 33.8. The highest BCUT2D eigenvalue weighted by Gasteiger charge is 2.54. The summed E-state index contributed by atoms with van der Waals surface area (Å²) in [6, 6.07) is 44.8. The van der Waals surface area contributed by atoms with E-state index >= 15 is 0 Å². The lowest BCUT2D eigenvalue weighted by Crippen LogP contribution is -2.53. The van der Waals surface area contributed by atoms with Crippen molar-refractivity contribution in [2.24, 2.45) is 0 Å². The normalized spacial score (nSPS) is 17.9. The second kappa shape index (κ2) is 28.6. The first-order valence-electron chi connectivity index (χ1n) is 25.7. The van der Waals surface area contributed by atoms with Crippen LogP contribution in [0.25, 0.3) is 0 Å². The minimum Gasteiger partial charge on any atom is -0.481 e. The van der Waals surface area contributed by atoms with Crippen molar-refractivity contribution in [3.05, 3.63) is 193 Å². The number of hydrogen-bond donors (Lipinski definition) is 2. The molecule has 0 spiro atoms. The molecule has 6 aromatic rings. The molecule has 2 N–H and O–H groups in total. The lowest BCUT2D eigenvalue weighted by molar-refractivity contribution is -0.140. The molecule has 2 aliphatic carbocycles. The molecule has 2 saturated heterocycles. The molecule has 4 aliphatic rings. The molecular formula is C61H69Cl6I2N5O3. The van der Waals surface area contributed by atoms with E-state index in [2.05, 4.69) is 136 Å². The van der Waals surface area contributed by atoms with Crippen LogP contribution >= 0.6 is 115 Å². The van der Waals surface area contributed by atoms with E-state index in [1.54, 1.807) is 12.1 Å². The third-order valence-corrected chi connectivity index (χ3v) is 17.7. The Morgan fingerprint density at radius 3 is 1.40 bits per heavy atom. The number of carbonyl (C=O) groups is 2. The lowest BCUT2D eigenvalue weighted by Gasteiger charge is -2.44. The van der Waals surface area contributed by atoms with Gasteiger partial charge in [0.15, 0.2) is 0 Å². The number of anilines is 2. The molecule has 1 amide bonds. The van der Waals surface area contributed by atoms with E-state index in [0.717, 1.165) is 88.5 Å². The van der Waals surface area contributed by atoms with Crippen LogP contribution in [-0.2, 0) is 20.4 Å². The summed E-state index contributed by atoms with van der Waals surface area (Å²) in [5, 5.41) is 16.5. The van der Waals surface area contributed by atoms with Crippen LogP contribution in [0, 0.1) is 7.14 Å². The highest BCUT2D eigenvalue weighted by atomic mass is 127. The van der Waals surface area contributed by atoms with Crippen molar-refractivity contribution in [2.75, 3.05) is 55.6 Å². The van der Waals surface area contributed by atoms with Crippen molar-refractivity contribution in [2.45, 2.75) is 103 Å². The summed E-state index contributed by atoms with van der Waals surface area (Å²) in [7, 11) is 0. The fraction of sp³-hybridized carbons (Fsp3) is 0.377. The number of piperazine rings is 2. The average molecular weight is 1390 g/mol. The second-order valence-electron chi connectivity index (χ2n) is 20.2. The quantitative estimate of drug-likeness (QED) is 0.125. The molecule has 412 valence electrons. The highest BCUT2D eigenvalue weighted by molar-refractivity contribution is 14.1. The van der Waals surface area contributed by atoms with Gasteiger partial charge in [-0.2, -0.15) is 0 Å². The first-order valence-corrected chi connectivity index (χ1v) is 30.1. The fourth-order valence-corrected chi connectivity index (χ4v) is 12.3. The van der Waals surface area contributed by atoms with E-state index in [9.17, 15) is 9.59 Å². The molecule has 2 aliphatic heterocycles. The van der Waals surface area contributed by atoms with Crippen LogP contribution in [-0.4, -0.2) is 84.7 Å². The van der Waals surface area contributed by atoms with E-state index in [4.69, 9.17) is 74.7 Å². The SMILES string of the molecule is C.CCN(C(C)C)C(C)C.Clc1ccc([C@@H]2CNCCN2c2ccc(Cl)cc2Cl)cc1.O=C(N1CCN(c2ccc(Cl)cc2Cl)[C@H](c2ccc(Cl)cc2)C1)C1(c2ccc(I)cc2)CC1.O=C(O)C1(c2ccc(I)cc2)CC1. The van der Waals surface area contributed by atoms with Gasteiger partial charge in [-0.25, -0.2) is 0 Å². The predicted octanol–water partition coefficient (Wildman–Crippen LogP) is 17.3. The minimum absolute atomic E-state index is 0. The monoisotopic (exact) mass is 1380 g/mol. The first-order chi connectivity index (χ1) is 36.3. The van der Waals surface area contributed by atoms with Gasteiger partial charge in [0.25, 0.3) is 0 Å². The number of carbonyl (C=O) groups excluding carboxylic acids is 1. The molecule has 77 heavy (non-hydrogen) atoms. The van der Waals surface area contributed by atoms with E-state index in [-0.39, 0.29) is 30.8 Å². The number of carboxylic acid groups (broad SMARTS) is 1. The third kappa shape index (κ3) is 16.1. The molecule has 4 fully saturated rings. The van der Waals surface area contributed by atoms with Crippen LogP contribution in [0.1, 0.15) is 102 Å². The van der Waals surface area contributed by atoms with Gasteiger partial charge < -0.3 is 25.1 Å². The zero-order chi connectivity index (χ0) is 54.9. The fourth-order valence-electron chi connectivity index (χ4n) is 10.3. The number of amides is 1. The maximum absolute atomic E-state index is 13.8. The second-order valence-corrected chi connectivity index (χ2v) is 25.2. The number of carboxylic acids is 1. The lowest BCUT2D eigenvalue weighted by atomic mass is 9.93. The summed E-state index contributed by atoms with van der Waals surface area (Å²) in [5.41, 5.74) is 5.40. The van der Waals surface area contributed by atoms with Gasteiger partial charge in [-0.3, -0.25) is 14.5 Å². The van der Waals surface area contributed by atoms with Crippen LogP contribution in [0.15, 0.2) is 133 Å². The van der Waals surface area contributed by atoms with Crippen LogP contribution < -0.4 is 15.1 Å². The Labute approximate surface area is 514 Å². The predicted molar refractivity (Wildman–Crippen MR) is 343 cm³/mol. The molecule has 0 aromatic heterocycles. The first kappa shape index (κ1) is 63.2. The number of hydrogen-bond acceptors (Lipinski definition) is 6. The number of benzene rings is 6. The minimum atomic E-state index is -0.686. The van der Waals surface area contributed by atoms with Crippen molar-refractivity contribution in [1.29, 1.82) is 0 Å². The Morgan fingerprint density at radius 1 is 0.597 bits per heavy atom. The maximum Gasteiger partial charge on any atom is 0.314 e. The third-order valence-electron chi connectivity index (χ3n) is 14.7. The molecule has 0 bridgehead atoms. The Bertz CT molecular complexity index is 2880. The number of nitrogens with zero attached hydrogens (tertiary/aromatic N) is 4. The molecule has 8 nitrogen and oxygen atoms in total. The average Bonchev–Trinajstić information content (AvgIpc) is 4.35. The van der Waals surface area contributed by atoms with Gasteiger partial charge >= 0.3 is 5.97 Å². The van der Waals surface area contributed by atoms with Crippen LogP contribution in [0.5, 0.6) is 0 Å². The van der Waals surface area contributed by atoms with Crippen molar-refractivity contribution >= 4 is 138 Å². The maximum atomic E-state index is 13.8. The number of halogens is 8. The number of nitrogens with one attached hydrogen (secondary N) is 1. The van der Waals surface area contributed by atoms with E-state index in [0.29, 0.717) is 56.8 Å². The molecule has 10 rings (SSSR count). The van der Waals surface area contributed by atoms with Crippen LogP contribution in [0.2, 0.25) is 30.1 Å². The number of aliphatic carboxylic acids is 1. The van der Waals surface area contributed by atoms with Crippen molar-refractivity contribution < 1.29 is 14.7 Å². The van der Waals surface area contributed by atoms with E-state index < -0.39 is 11.4 Å². The number of rotatable bonds is 11. The summed E-state index contributed by atoms with van der Waals surface area (Å²) in [5.74, 6) is -0.460. The molecular weight excluding hydrogens is 1320 g/mol. The summed E-state index contributed by atoms with van der Waals surface area (Å²) >= 11 is 41.8. The van der Waals surface area contributed by atoms with Crippen LogP contribution in [0.3, 0.4) is 0 Å². The molecule has 2 heterocycles. The van der Waals surface area contributed by atoms with Crippen molar-refractivity contribution in [3.63, 3.8) is 0 Å². The van der Waals surface area contributed by atoms with E-state index in [1.165, 1.54) is 9.13 Å². The van der Waals surface area contributed by atoms with Gasteiger partial charge in [0.1, 0.15) is 0 Å². The van der Waals surface area contributed by atoms with Gasteiger partial charge in [-0.1, -0.05) is 132 Å². The summed E-state index contributed by atoms with van der Waals surface area (Å²) < 4.78 is 2.32. The van der Waals surface area contributed by atoms with Crippen LogP contribution in [0.4, 0.5) is 11.4 Å². The van der Waals surface area contributed by atoms with Gasteiger partial charge in [-0.15, -0.1) is 0 Å². The molecule has 2 atom stereocenters. The van der Waals surface area contributed by atoms with Gasteiger partial charge in [0, 0.05) is 78.6 Å². The van der Waals surface area contributed by atoms with Crippen molar-refractivity contribution in [3.8, 4) is 0 Å². The molecule has 16 heteroatoms. The smallest absolute Gasteiger partial charge is 0.314 e. The summed E-state index contributed by atoms with van der Waals surface area (Å²) in [6.45, 7) is 17.0. The summed E-state index contributed by atoms with van der Waals surface area (Å²) in [6.07, 6.45) is 3.37. The molecule has 0 unspecified atom stereocenters. The largest absolute Gasteiger partial charge is 0.481 e. The zero-order valence-electron chi connectivity index (χ0n) is 43.4. The van der Waals surface area contributed by atoms with E-state index in [1.807, 2.05) is 89.8 Å². The zero-order valence-corrected chi connectivity index (χ0v) is 52.2. The van der Waals surface area contributed by atoms with Gasteiger partial charge in [0.2, 0.25) is 5.91 Å². The molecule has 6 aromatic carbocycles.